The summed E-state index contributed by atoms with van der Waals surface area (Å²) in [6, 6.07) is 7.28. The van der Waals surface area contributed by atoms with E-state index in [-0.39, 0.29) is 6.54 Å². The smallest absolute Gasteiger partial charge is 0.0359 e. The molecule has 0 amide bonds. The van der Waals surface area contributed by atoms with E-state index in [1.54, 1.807) is 11.5 Å². The molecular formula is C7H9N2O-. The van der Waals surface area contributed by atoms with Crippen molar-refractivity contribution in [1.82, 2.24) is 5.48 Å². The third-order valence-corrected chi connectivity index (χ3v) is 1.32. The predicted octanol–water partition coefficient (Wildman–Crippen LogP) is 0.856. The lowest BCUT2D eigenvalue weighted by atomic mass is 10.2. The lowest BCUT2D eigenvalue weighted by Crippen LogP contribution is -2.04. The molecule has 10 heavy (non-hydrogen) atoms. The highest BCUT2D eigenvalue weighted by molar-refractivity contribution is 5.46. The fourth-order valence-electron chi connectivity index (χ4n) is 0.773. The van der Waals surface area contributed by atoms with Crippen LogP contribution in [0.4, 0.5) is 5.69 Å². The van der Waals surface area contributed by atoms with Crippen molar-refractivity contribution in [2.75, 3.05) is 5.73 Å². The summed E-state index contributed by atoms with van der Waals surface area (Å²) in [5.74, 6) is 0. The van der Waals surface area contributed by atoms with Crippen LogP contribution in [0.3, 0.4) is 0 Å². The summed E-state index contributed by atoms with van der Waals surface area (Å²) in [5, 5.41) is 9.95. The Bertz CT molecular complexity index is 213. The number of nitrogen functional groups attached to an aromatic ring is 1. The molecule has 3 N–H and O–H groups in total. The van der Waals surface area contributed by atoms with Crippen molar-refractivity contribution >= 4 is 5.69 Å². The van der Waals surface area contributed by atoms with Crippen molar-refractivity contribution in [3.05, 3.63) is 35.0 Å². The van der Waals surface area contributed by atoms with Crippen molar-refractivity contribution in [3.8, 4) is 0 Å². The average molecular weight is 137 g/mol. The molecule has 0 spiro atoms. The quantitative estimate of drug-likeness (QED) is 0.469. The summed E-state index contributed by atoms with van der Waals surface area (Å²) in [5.41, 5.74) is 8.83. The fourth-order valence-corrected chi connectivity index (χ4v) is 0.773. The van der Waals surface area contributed by atoms with Crippen LogP contribution in [-0.4, -0.2) is 0 Å². The molecule has 1 rings (SSSR count). The van der Waals surface area contributed by atoms with Gasteiger partial charge in [0, 0.05) is 12.2 Å². The lowest BCUT2D eigenvalue weighted by Gasteiger charge is -2.08. The number of hydroxylamine groups is 1. The van der Waals surface area contributed by atoms with Gasteiger partial charge in [-0.2, -0.15) is 0 Å². The summed E-state index contributed by atoms with van der Waals surface area (Å²) < 4.78 is 0. The molecule has 0 atom stereocenters. The van der Waals surface area contributed by atoms with E-state index in [0.29, 0.717) is 5.69 Å². The summed E-state index contributed by atoms with van der Waals surface area (Å²) in [6.45, 7) is 0.284. The van der Waals surface area contributed by atoms with Gasteiger partial charge < -0.3 is 16.4 Å². The van der Waals surface area contributed by atoms with Crippen LogP contribution >= 0.6 is 0 Å². The first-order valence-corrected chi connectivity index (χ1v) is 3.03. The second-order valence-electron chi connectivity index (χ2n) is 2.02. The molecule has 3 nitrogen and oxygen atoms in total. The molecule has 3 heteroatoms. The lowest BCUT2D eigenvalue weighted by molar-refractivity contribution is 0.878. The van der Waals surface area contributed by atoms with E-state index >= 15 is 0 Å². The van der Waals surface area contributed by atoms with E-state index in [9.17, 15) is 5.21 Å². The average Bonchev–Trinajstić information content (AvgIpc) is 1.94. The Kier molecular flexibility index (Phi) is 2.25. The zero-order chi connectivity index (χ0) is 7.40. The first kappa shape index (κ1) is 7.05. The van der Waals surface area contributed by atoms with E-state index in [0.717, 1.165) is 5.56 Å². The number of anilines is 1. The van der Waals surface area contributed by atoms with Crippen molar-refractivity contribution in [2.45, 2.75) is 6.54 Å². The van der Waals surface area contributed by atoms with Crippen LogP contribution < -0.4 is 11.2 Å². The summed E-state index contributed by atoms with van der Waals surface area (Å²) in [4.78, 5) is 0. The summed E-state index contributed by atoms with van der Waals surface area (Å²) >= 11 is 0. The minimum atomic E-state index is 0.284. The molecule has 54 valence electrons. The highest BCUT2D eigenvalue weighted by atomic mass is 16.5. The first-order chi connectivity index (χ1) is 4.84. The molecule has 0 aliphatic carbocycles. The SMILES string of the molecule is Nc1ccccc1CN[O-]. The predicted molar refractivity (Wildman–Crippen MR) is 41.1 cm³/mol. The summed E-state index contributed by atoms with van der Waals surface area (Å²) in [6.07, 6.45) is 0. The Balaban J connectivity index is 2.81. The molecule has 0 bridgehead atoms. The van der Waals surface area contributed by atoms with E-state index in [4.69, 9.17) is 5.73 Å². The molecule has 0 fully saturated rings. The standard InChI is InChI=1S/C7H9N2O/c8-7-4-2-1-3-6(7)5-9-10/h1-4,9H,5,8H2/q-1. The zero-order valence-corrected chi connectivity index (χ0v) is 5.50. The van der Waals surface area contributed by atoms with Gasteiger partial charge in [0.15, 0.2) is 0 Å². The van der Waals surface area contributed by atoms with Crippen LogP contribution in [0.1, 0.15) is 5.56 Å². The molecular weight excluding hydrogens is 128 g/mol. The molecule has 0 unspecified atom stereocenters. The van der Waals surface area contributed by atoms with Crippen molar-refractivity contribution in [1.29, 1.82) is 0 Å². The Hall–Kier alpha value is -1.06. The van der Waals surface area contributed by atoms with Gasteiger partial charge >= 0.3 is 0 Å². The minimum absolute atomic E-state index is 0.284. The topological polar surface area (TPSA) is 61.1 Å². The van der Waals surface area contributed by atoms with E-state index in [1.165, 1.54) is 0 Å². The van der Waals surface area contributed by atoms with Gasteiger partial charge in [-0.3, -0.25) is 0 Å². The van der Waals surface area contributed by atoms with Crippen LogP contribution in [0, 0.1) is 5.21 Å². The number of nitrogens with two attached hydrogens (primary N) is 1. The summed E-state index contributed by atoms with van der Waals surface area (Å²) in [7, 11) is 0. The molecule has 1 aromatic carbocycles. The normalized spacial score (nSPS) is 9.70. The fraction of sp³-hybridized carbons (Fsp3) is 0.143. The van der Waals surface area contributed by atoms with E-state index in [1.807, 2.05) is 18.2 Å². The van der Waals surface area contributed by atoms with Crippen LogP contribution in [0.25, 0.3) is 0 Å². The molecule has 1 aromatic rings. The van der Waals surface area contributed by atoms with Gasteiger partial charge in [0.05, 0.1) is 0 Å². The number of hydrogen-bond donors (Lipinski definition) is 2. The third-order valence-electron chi connectivity index (χ3n) is 1.32. The highest BCUT2D eigenvalue weighted by Crippen LogP contribution is 2.08. The van der Waals surface area contributed by atoms with Crippen molar-refractivity contribution in [2.24, 2.45) is 0 Å². The zero-order valence-electron chi connectivity index (χ0n) is 5.50. The second-order valence-corrected chi connectivity index (χ2v) is 2.02. The number of para-hydroxylation sites is 1. The molecule has 0 aliphatic heterocycles. The van der Waals surface area contributed by atoms with Gasteiger partial charge in [-0.1, -0.05) is 18.2 Å². The molecule has 0 aromatic heterocycles. The van der Waals surface area contributed by atoms with E-state index in [2.05, 4.69) is 0 Å². The van der Waals surface area contributed by atoms with Crippen molar-refractivity contribution < 1.29 is 0 Å². The molecule has 0 radical (unpaired) electrons. The maximum absolute atomic E-state index is 9.95. The maximum Gasteiger partial charge on any atom is 0.0359 e. The second kappa shape index (κ2) is 3.20. The van der Waals surface area contributed by atoms with Crippen LogP contribution in [0.5, 0.6) is 0 Å². The number of nitrogens with one attached hydrogen (secondary N) is 1. The van der Waals surface area contributed by atoms with Crippen LogP contribution in [0.15, 0.2) is 24.3 Å². The minimum Gasteiger partial charge on any atom is -0.788 e. The Labute approximate surface area is 59.4 Å². The number of hydrogen-bond acceptors (Lipinski definition) is 3. The highest BCUT2D eigenvalue weighted by Gasteiger charge is 1.91. The van der Waals surface area contributed by atoms with Gasteiger partial charge in [0.1, 0.15) is 0 Å². The van der Waals surface area contributed by atoms with Gasteiger partial charge in [-0.05, 0) is 11.6 Å². The molecule has 0 heterocycles. The van der Waals surface area contributed by atoms with Crippen LogP contribution in [0.2, 0.25) is 0 Å². The van der Waals surface area contributed by atoms with Crippen molar-refractivity contribution in [3.63, 3.8) is 0 Å². The van der Waals surface area contributed by atoms with Gasteiger partial charge in [0.2, 0.25) is 0 Å². The Morgan fingerprint density at radius 1 is 1.40 bits per heavy atom. The van der Waals surface area contributed by atoms with E-state index < -0.39 is 0 Å². The molecule has 0 saturated carbocycles. The Morgan fingerprint density at radius 3 is 2.70 bits per heavy atom. The monoisotopic (exact) mass is 137 g/mol. The molecule has 0 aliphatic rings. The van der Waals surface area contributed by atoms with Gasteiger partial charge in [0.25, 0.3) is 0 Å². The van der Waals surface area contributed by atoms with Crippen LogP contribution in [-0.2, 0) is 6.54 Å². The maximum atomic E-state index is 9.95. The Morgan fingerprint density at radius 2 is 2.10 bits per heavy atom. The molecule has 0 saturated heterocycles. The largest absolute Gasteiger partial charge is 0.788 e. The number of rotatable bonds is 2. The van der Waals surface area contributed by atoms with Gasteiger partial charge in [-0.15, -0.1) is 0 Å². The first-order valence-electron chi connectivity index (χ1n) is 3.03. The number of benzene rings is 1. The third kappa shape index (κ3) is 1.46. The van der Waals surface area contributed by atoms with Gasteiger partial charge in [-0.25, -0.2) is 0 Å².